The highest BCUT2D eigenvalue weighted by atomic mass is 19.1. The predicted molar refractivity (Wildman–Crippen MR) is 68.6 cm³/mol. The van der Waals surface area contributed by atoms with Crippen molar-refractivity contribution in [2.75, 3.05) is 0 Å². The lowest BCUT2D eigenvalue weighted by atomic mass is 10.2. The van der Waals surface area contributed by atoms with E-state index in [0.717, 1.165) is 18.5 Å². The van der Waals surface area contributed by atoms with Gasteiger partial charge in [0.05, 0.1) is 23.2 Å². The van der Waals surface area contributed by atoms with Gasteiger partial charge < -0.3 is 15.4 Å². The van der Waals surface area contributed by atoms with Crippen LogP contribution >= 0.6 is 0 Å². The van der Waals surface area contributed by atoms with E-state index >= 15 is 0 Å². The molecule has 0 aliphatic heterocycles. The first-order valence-corrected chi connectivity index (χ1v) is 6.14. The summed E-state index contributed by atoms with van der Waals surface area (Å²) in [6.45, 7) is 4.42. The zero-order valence-electron chi connectivity index (χ0n) is 10.6. The number of halogens is 1. The average Bonchev–Trinajstić information content (AvgIpc) is 2.66. The van der Waals surface area contributed by atoms with Crippen molar-refractivity contribution in [1.29, 1.82) is 0 Å². The van der Waals surface area contributed by atoms with Gasteiger partial charge in [0.25, 0.3) is 0 Å². The van der Waals surface area contributed by atoms with E-state index in [0.29, 0.717) is 11.3 Å². The van der Waals surface area contributed by atoms with Crippen molar-refractivity contribution in [3.05, 3.63) is 29.8 Å². The van der Waals surface area contributed by atoms with Gasteiger partial charge in [-0.2, -0.15) is 0 Å². The van der Waals surface area contributed by atoms with Crippen LogP contribution in [0.3, 0.4) is 0 Å². The van der Waals surface area contributed by atoms with Gasteiger partial charge in [-0.25, -0.2) is 9.37 Å². The smallest absolute Gasteiger partial charge is 0.129 e. The highest BCUT2D eigenvalue weighted by molar-refractivity contribution is 5.76. The molecule has 1 aromatic heterocycles. The van der Waals surface area contributed by atoms with E-state index in [1.54, 1.807) is 13.0 Å². The molecule has 0 bridgehead atoms. The molecular weight excluding hydrogens is 233 g/mol. The van der Waals surface area contributed by atoms with Crippen molar-refractivity contribution in [3.63, 3.8) is 0 Å². The molecule has 0 radical (unpaired) electrons. The monoisotopic (exact) mass is 251 g/mol. The van der Waals surface area contributed by atoms with Gasteiger partial charge in [-0.1, -0.05) is 6.92 Å². The van der Waals surface area contributed by atoms with Crippen LogP contribution in [-0.2, 0) is 6.54 Å². The van der Waals surface area contributed by atoms with Crippen molar-refractivity contribution < 1.29 is 9.50 Å². The number of benzene rings is 1. The lowest BCUT2D eigenvalue weighted by Gasteiger charge is -2.16. The zero-order chi connectivity index (χ0) is 13.3. The molecule has 2 rings (SSSR count). The van der Waals surface area contributed by atoms with Crippen molar-refractivity contribution in [2.24, 2.45) is 5.73 Å². The number of aliphatic hydroxyl groups excluding tert-OH is 1. The Morgan fingerprint density at radius 2 is 2.22 bits per heavy atom. The molecule has 0 saturated carbocycles. The van der Waals surface area contributed by atoms with Gasteiger partial charge >= 0.3 is 0 Å². The quantitative estimate of drug-likeness (QED) is 0.873. The molecule has 2 unspecified atom stereocenters. The molecule has 0 fully saturated rings. The Morgan fingerprint density at radius 3 is 2.83 bits per heavy atom. The molecule has 5 heteroatoms. The van der Waals surface area contributed by atoms with Crippen LogP contribution in [0, 0.1) is 5.82 Å². The number of hydrogen-bond acceptors (Lipinski definition) is 3. The first kappa shape index (κ1) is 13.0. The summed E-state index contributed by atoms with van der Waals surface area (Å²) in [6, 6.07) is 3.94. The van der Waals surface area contributed by atoms with Crippen LogP contribution in [0.4, 0.5) is 4.39 Å². The number of nitrogens with two attached hydrogens (primary N) is 1. The number of fused-ring (bicyclic) bond motifs is 1. The largest absolute Gasteiger partial charge is 0.391 e. The molecule has 0 aliphatic carbocycles. The van der Waals surface area contributed by atoms with Gasteiger partial charge in [0, 0.05) is 12.6 Å². The minimum atomic E-state index is -0.692. The van der Waals surface area contributed by atoms with Crippen LogP contribution in [0.2, 0.25) is 0 Å². The van der Waals surface area contributed by atoms with Gasteiger partial charge in [-0.05, 0) is 25.5 Å². The highest BCUT2D eigenvalue weighted by Crippen LogP contribution is 2.22. The van der Waals surface area contributed by atoms with Gasteiger partial charge in [-0.15, -0.1) is 0 Å². The Bertz CT molecular complexity index is 550. The molecule has 98 valence electrons. The Kier molecular flexibility index (Phi) is 3.63. The van der Waals surface area contributed by atoms with Crippen LogP contribution < -0.4 is 5.73 Å². The summed E-state index contributed by atoms with van der Waals surface area (Å²) in [5.41, 5.74) is 7.37. The maximum absolute atomic E-state index is 13.2. The molecular formula is C13H18FN3O. The van der Waals surface area contributed by atoms with E-state index in [9.17, 15) is 9.50 Å². The van der Waals surface area contributed by atoms with Crippen molar-refractivity contribution in [1.82, 2.24) is 9.55 Å². The number of hydrogen-bond donors (Lipinski definition) is 2. The number of rotatable bonds is 4. The fourth-order valence-electron chi connectivity index (χ4n) is 2.05. The summed E-state index contributed by atoms with van der Waals surface area (Å²) in [6.07, 6.45) is 0.227. The van der Waals surface area contributed by atoms with Crippen molar-refractivity contribution in [2.45, 2.75) is 39.0 Å². The second kappa shape index (κ2) is 5.04. The molecule has 3 N–H and O–H groups in total. The summed E-state index contributed by atoms with van der Waals surface area (Å²) in [4.78, 5) is 4.35. The molecule has 1 aromatic carbocycles. The van der Waals surface area contributed by atoms with Crippen molar-refractivity contribution in [3.8, 4) is 0 Å². The van der Waals surface area contributed by atoms with Gasteiger partial charge in [0.2, 0.25) is 0 Å². The average molecular weight is 251 g/mol. The Hall–Kier alpha value is -1.46. The Labute approximate surface area is 105 Å². The third-order valence-corrected chi connectivity index (χ3v) is 3.00. The predicted octanol–water partition coefficient (Wildman–Crippen LogP) is 1.97. The zero-order valence-corrected chi connectivity index (χ0v) is 10.6. The summed E-state index contributed by atoms with van der Waals surface area (Å²) in [5, 5.41) is 9.59. The maximum atomic E-state index is 13.2. The van der Waals surface area contributed by atoms with Crippen LogP contribution in [0.25, 0.3) is 11.0 Å². The molecule has 0 spiro atoms. The molecule has 1 heterocycles. The number of aromatic nitrogens is 2. The van der Waals surface area contributed by atoms with E-state index in [1.165, 1.54) is 12.1 Å². The highest BCUT2D eigenvalue weighted by Gasteiger charge is 2.20. The van der Waals surface area contributed by atoms with E-state index in [4.69, 9.17) is 5.73 Å². The fraction of sp³-hybridized carbons (Fsp3) is 0.462. The number of aliphatic hydroxyl groups is 1. The lowest BCUT2D eigenvalue weighted by molar-refractivity contribution is 0.159. The summed E-state index contributed by atoms with van der Waals surface area (Å²) < 4.78 is 15.1. The number of nitrogens with zero attached hydrogens (tertiary/aromatic N) is 2. The van der Waals surface area contributed by atoms with E-state index < -0.39 is 12.1 Å². The Morgan fingerprint density at radius 1 is 1.50 bits per heavy atom. The summed E-state index contributed by atoms with van der Waals surface area (Å²) >= 11 is 0. The van der Waals surface area contributed by atoms with E-state index in [1.807, 2.05) is 11.5 Å². The summed E-state index contributed by atoms with van der Waals surface area (Å²) in [7, 11) is 0. The molecule has 2 atom stereocenters. The third kappa shape index (κ3) is 2.23. The standard InChI is InChI=1S/C13H18FN3O/c1-3-6-17-11-5-4-9(14)7-10(11)16-13(17)12(15)8(2)18/h4-5,7-8,12,18H,3,6,15H2,1-2H3. The van der Waals surface area contributed by atoms with Gasteiger partial charge in [0.15, 0.2) is 0 Å². The topological polar surface area (TPSA) is 64.1 Å². The first-order chi connectivity index (χ1) is 8.54. The fourth-order valence-corrected chi connectivity index (χ4v) is 2.05. The lowest BCUT2D eigenvalue weighted by Crippen LogP contribution is -2.26. The SMILES string of the molecule is CCCn1c(C(N)C(C)O)nc2cc(F)ccc21. The minimum absolute atomic E-state index is 0.319. The molecule has 0 amide bonds. The molecule has 0 aliphatic rings. The third-order valence-electron chi connectivity index (χ3n) is 3.00. The second-order valence-electron chi connectivity index (χ2n) is 4.52. The van der Waals surface area contributed by atoms with Crippen LogP contribution in [0.1, 0.15) is 32.1 Å². The van der Waals surface area contributed by atoms with Crippen LogP contribution in [0.5, 0.6) is 0 Å². The van der Waals surface area contributed by atoms with Gasteiger partial charge in [0.1, 0.15) is 11.6 Å². The van der Waals surface area contributed by atoms with E-state index in [2.05, 4.69) is 4.98 Å². The molecule has 18 heavy (non-hydrogen) atoms. The summed E-state index contributed by atoms with van der Waals surface area (Å²) in [5.74, 6) is 0.285. The van der Waals surface area contributed by atoms with Crippen LogP contribution in [0.15, 0.2) is 18.2 Å². The maximum Gasteiger partial charge on any atom is 0.129 e. The van der Waals surface area contributed by atoms with Crippen LogP contribution in [-0.4, -0.2) is 20.8 Å². The van der Waals surface area contributed by atoms with Crippen molar-refractivity contribution >= 4 is 11.0 Å². The second-order valence-corrected chi connectivity index (χ2v) is 4.52. The Balaban J connectivity index is 2.60. The normalized spacial score (nSPS) is 14.9. The number of aryl methyl sites for hydroxylation is 1. The number of imidazole rings is 1. The van der Waals surface area contributed by atoms with Gasteiger partial charge in [-0.3, -0.25) is 0 Å². The minimum Gasteiger partial charge on any atom is -0.391 e. The van der Waals surface area contributed by atoms with E-state index in [-0.39, 0.29) is 5.82 Å². The molecule has 4 nitrogen and oxygen atoms in total. The molecule has 0 saturated heterocycles. The molecule has 2 aromatic rings. The first-order valence-electron chi connectivity index (χ1n) is 6.14.